The minimum absolute atomic E-state index is 0.0474. The van der Waals surface area contributed by atoms with Crippen molar-refractivity contribution in [2.24, 2.45) is 0 Å². The lowest BCUT2D eigenvalue weighted by Crippen LogP contribution is -2.16. The maximum absolute atomic E-state index is 12.2. The number of anilines is 1. The largest absolute Gasteiger partial charge is 0.482 e. The lowest BCUT2D eigenvalue weighted by Gasteiger charge is -2.09. The fourth-order valence-corrected chi connectivity index (χ4v) is 1.85. The zero-order valence-electron chi connectivity index (χ0n) is 11.9. The van der Waals surface area contributed by atoms with E-state index in [9.17, 15) is 14.4 Å². The molecule has 23 heavy (non-hydrogen) atoms. The van der Waals surface area contributed by atoms with Crippen LogP contribution in [-0.4, -0.2) is 34.7 Å². The molecule has 0 fully saturated rings. The molecule has 0 atom stereocenters. The van der Waals surface area contributed by atoms with Crippen molar-refractivity contribution in [1.29, 1.82) is 0 Å². The van der Waals surface area contributed by atoms with E-state index in [0.717, 1.165) is 0 Å². The van der Waals surface area contributed by atoms with Crippen molar-refractivity contribution in [3.8, 4) is 5.75 Å². The maximum atomic E-state index is 12.2. The number of aromatic carboxylic acids is 1. The molecule has 0 radical (unpaired) electrons. The number of carbonyl (C=O) groups excluding carboxylic acids is 1. The van der Waals surface area contributed by atoms with Crippen molar-refractivity contribution in [3.05, 3.63) is 59.7 Å². The third-order valence-corrected chi connectivity index (χ3v) is 2.88. The zero-order chi connectivity index (χ0) is 16.8. The Kier molecular flexibility index (Phi) is 4.93. The lowest BCUT2D eigenvalue weighted by molar-refractivity contribution is -0.139. The van der Waals surface area contributed by atoms with E-state index in [-0.39, 0.29) is 11.1 Å². The van der Waals surface area contributed by atoms with Crippen molar-refractivity contribution < 1.29 is 29.3 Å². The van der Waals surface area contributed by atoms with Gasteiger partial charge in [0.25, 0.3) is 5.91 Å². The Hall–Kier alpha value is -3.35. The molecule has 0 spiro atoms. The first-order chi connectivity index (χ1) is 11.0. The molecule has 0 saturated carbocycles. The van der Waals surface area contributed by atoms with Crippen LogP contribution in [0.3, 0.4) is 0 Å². The first-order valence-corrected chi connectivity index (χ1v) is 6.55. The Balaban J connectivity index is 2.09. The van der Waals surface area contributed by atoms with E-state index >= 15 is 0 Å². The standard InChI is InChI=1S/C16H13NO6/c18-14(19)9-23-11-7-5-10(6-8-11)17-15(20)12-3-1-2-4-13(12)16(21)22/h1-8H,9H2,(H,17,20)(H,18,19)(H,21,22). The van der Waals surface area contributed by atoms with Gasteiger partial charge in [-0.3, -0.25) is 4.79 Å². The van der Waals surface area contributed by atoms with Crippen molar-refractivity contribution in [3.63, 3.8) is 0 Å². The normalized spacial score (nSPS) is 9.91. The number of hydrogen-bond donors (Lipinski definition) is 3. The molecule has 0 saturated heterocycles. The first kappa shape index (κ1) is 16.0. The molecule has 1 amide bonds. The molecule has 7 heteroatoms. The quantitative estimate of drug-likeness (QED) is 0.752. The van der Waals surface area contributed by atoms with Gasteiger partial charge >= 0.3 is 11.9 Å². The molecule has 0 aliphatic carbocycles. The van der Waals surface area contributed by atoms with E-state index in [4.69, 9.17) is 14.9 Å². The molecule has 0 aromatic heterocycles. The molecule has 0 aliphatic heterocycles. The molecule has 3 N–H and O–H groups in total. The van der Waals surface area contributed by atoms with Gasteiger partial charge in [0.2, 0.25) is 0 Å². The summed E-state index contributed by atoms with van der Waals surface area (Å²) in [4.78, 5) is 33.7. The van der Waals surface area contributed by atoms with E-state index in [2.05, 4.69) is 5.32 Å². The van der Waals surface area contributed by atoms with E-state index in [0.29, 0.717) is 11.4 Å². The second-order valence-corrected chi connectivity index (χ2v) is 4.51. The molecule has 0 bridgehead atoms. The average molecular weight is 315 g/mol. The van der Waals surface area contributed by atoms with Crippen molar-refractivity contribution in [2.75, 3.05) is 11.9 Å². The monoisotopic (exact) mass is 315 g/mol. The second kappa shape index (κ2) is 7.08. The van der Waals surface area contributed by atoms with Crippen molar-refractivity contribution >= 4 is 23.5 Å². The van der Waals surface area contributed by atoms with Crippen LogP contribution < -0.4 is 10.1 Å². The number of rotatable bonds is 6. The minimum Gasteiger partial charge on any atom is -0.482 e. The predicted octanol–water partition coefficient (Wildman–Crippen LogP) is 2.10. The molecule has 2 rings (SSSR count). The van der Waals surface area contributed by atoms with Crippen LogP contribution in [0, 0.1) is 0 Å². The number of carboxylic acid groups (broad SMARTS) is 2. The summed E-state index contributed by atoms with van der Waals surface area (Å²) in [5.74, 6) is -2.49. The van der Waals surface area contributed by atoms with Gasteiger partial charge in [-0.05, 0) is 36.4 Å². The first-order valence-electron chi connectivity index (χ1n) is 6.55. The maximum Gasteiger partial charge on any atom is 0.341 e. The van der Waals surface area contributed by atoms with E-state index in [1.807, 2.05) is 0 Å². The molecule has 118 valence electrons. The summed E-state index contributed by atoms with van der Waals surface area (Å²) >= 11 is 0. The molecule has 0 aliphatic rings. The molecule has 7 nitrogen and oxygen atoms in total. The Morgan fingerprint density at radius 2 is 1.52 bits per heavy atom. The summed E-state index contributed by atoms with van der Waals surface area (Å²) in [5.41, 5.74) is 0.385. The highest BCUT2D eigenvalue weighted by molar-refractivity contribution is 6.10. The van der Waals surface area contributed by atoms with Gasteiger partial charge in [0.05, 0.1) is 11.1 Å². The number of carboxylic acids is 2. The predicted molar refractivity (Wildman–Crippen MR) is 80.9 cm³/mol. The smallest absolute Gasteiger partial charge is 0.341 e. The summed E-state index contributed by atoms with van der Waals surface area (Å²) < 4.78 is 4.97. The number of aliphatic carboxylic acids is 1. The molecule has 0 heterocycles. The van der Waals surface area contributed by atoms with Gasteiger partial charge in [0.1, 0.15) is 5.75 Å². The fraction of sp³-hybridized carbons (Fsp3) is 0.0625. The second-order valence-electron chi connectivity index (χ2n) is 4.51. The zero-order valence-corrected chi connectivity index (χ0v) is 11.9. The number of carbonyl (C=O) groups is 3. The third kappa shape index (κ3) is 4.31. The molecule has 2 aromatic carbocycles. The van der Waals surface area contributed by atoms with Crippen LogP contribution in [0.15, 0.2) is 48.5 Å². The van der Waals surface area contributed by atoms with Crippen LogP contribution in [-0.2, 0) is 4.79 Å². The van der Waals surface area contributed by atoms with Crippen LogP contribution in [0.2, 0.25) is 0 Å². The van der Waals surface area contributed by atoms with Gasteiger partial charge < -0.3 is 20.3 Å². The SMILES string of the molecule is O=C(O)COc1ccc(NC(=O)c2ccccc2C(=O)O)cc1. The molecular weight excluding hydrogens is 302 g/mol. The van der Waals surface area contributed by atoms with Crippen LogP contribution >= 0.6 is 0 Å². The summed E-state index contributed by atoms with van der Waals surface area (Å²) in [6.45, 7) is -0.461. The Bertz CT molecular complexity index is 738. The van der Waals surface area contributed by atoms with Crippen molar-refractivity contribution in [2.45, 2.75) is 0 Å². The van der Waals surface area contributed by atoms with Crippen LogP contribution in [0.5, 0.6) is 5.75 Å². The topological polar surface area (TPSA) is 113 Å². The summed E-state index contributed by atoms with van der Waals surface area (Å²) in [6, 6.07) is 11.9. The average Bonchev–Trinajstić information content (AvgIpc) is 2.54. The summed E-state index contributed by atoms with van der Waals surface area (Å²) in [7, 11) is 0. The summed E-state index contributed by atoms with van der Waals surface area (Å²) in [6.07, 6.45) is 0. The van der Waals surface area contributed by atoms with E-state index in [1.165, 1.54) is 42.5 Å². The van der Waals surface area contributed by atoms with Gasteiger partial charge in [-0.1, -0.05) is 12.1 Å². The van der Waals surface area contributed by atoms with Gasteiger partial charge in [0.15, 0.2) is 6.61 Å². The van der Waals surface area contributed by atoms with Gasteiger partial charge in [-0.2, -0.15) is 0 Å². The van der Waals surface area contributed by atoms with Gasteiger partial charge in [0, 0.05) is 5.69 Å². The number of benzene rings is 2. The number of hydrogen-bond acceptors (Lipinski definition) is 4. The van der Waals surface area contributed by atoms with Crippen molar-refractivity contribution in [1.82, 2.24) is 0 Å². The summed E-state index contributed by atoms with van der Waals surface area (Å²) in [5, 5.41) is 20.2. The molecule has 2 aromatic rings. The Labute approximate surface area is 131 Å². The Morgan fingerprint density at radius 1 is 0.913 bits per heavy atom. The number of amides is 1. The Morgan fingerprint density at radius 3 is 2.09 bits per heavy atom. The highest BCUT2D eigenvalue weighted by Crippen LogP contribution is 2.17. The molecular formula is C16H13NO6. The third-order valence-electron chi connectivity index (χ3n) is 2.88. The van der Waals surface area contributed by atoms with Crippen LogP contribution in [0.1, 0.15) is 20.7 Å². The van der Waals surface area contributed by atoms with E-state index < -0.39 is 24.5 Å². The molecule has 0 unspecified atom stereocenters. The van der Waals surface area contributed by atoms with Crippen LogP contribution in [0.25, 0.3) is 0 Å². The highest BCUT2D eigenvalue weighted by atomic mass is 16.5. The minimum atomic E-state index is -1.19. The highest BCUT2D eigenvalue weighted by Gasteiger charge is 2.15. The van der Waals surface area contributed by atoms with Gasteiger partial charge in [-0.15, -0.1) is 0 Å². The number of nitrogens with one attached hydrogen (secondary N) is 1. The number of ether oxygens (including phenoxy) is 1. The van der Waals surface area contributed by atoms with E-state index in [1.54, 1.807) is 6.07 Å². The lowest BCUT2D eigenvalue weighted by atomic mass is 10.1. The van der Waals surface area contributed by atoms with Gasteiger partial charge in [-0.25, -0.2) is 9.59 Å². The fourth-order valence-electron chi connectivity index (χ4n) is 1.85. The van der Waals surface area contributed by atoms with Crippen LogP contribution in [0.4, 0.5) is 5.69 Å².